The summed E-state index contributed by atoms with van der Waals surface area (Å²) in [4.78, 5) is 23.3. The molecule has 35 heavy (non-hydrogen) atoms. The number of anilines is 1. The topological polar surface area (TPSA) is 74.5 Å². The standard InChI is InChI=1S/C27H35N5O2S/c1-19-11-14-32(15-12-19)23-9-7-21(8-10-23)20(2)28-27(33)22-5-3-13-31(17-22)18-25-29-26(30-34-25)24-6-4-16-35-24/h4,6-10,16,19-20,22H,3,5,11-15,17-18H2,1-2H3,(H,28,33). The minimum Gasteiger partial charge on any atom is -0.372 e. The van der Waals surface area contributed by atoms with Gasteiger partial charge in [-0.2, -0.15) is 4.98 Å². The van der Waals surface area contributed by atoms with Crippen LogP contribution in [0.25, 0.3) is 10.7 Å². The molecule has 3 aromatic rings. The molecule has 7 nitrogen and oxygen atoms in total. The van der Waals surface area contributed by atoms with Gasteiger partial charge in [0.05, 0.1) is 23.4 Å². The fourth-order valence-electron chi connectivity index (χ4n) is 5.08. The van der Waals surface area contributed by atoms with E-state index in [-0.39, 0.29) is 17.9 Å². The van der Waals surface area contributed by atoms with Crippen LogP contribution in [0, 0.1) is 11.8 Å². The van der Waals surface area contributed by atoms with Crippen molar-refractivity contribution >= 4 is 22.9 Å². The van der Waals surface area contributed by atoms with Crippen molar-refractivity contribution < 1.29 is 9.32 Å². The molecule has 8 heteroatoms. The molecule has 1 amide bonds. The van der Waals surface area contributed by atoms with E-state index in [1.807, 2.05) is 17.5 Å². The average Bonchev–Trinajstić information content (AvgIpc) is 3.57. The number of benzene rings is 1. The molecule has 2 atom stereocenters. The van der Waals surface area contributed by atoms with Crippen molar-refractivity contribution in [1.29, 1.82) is 0 Å². The number of hydrogen-bond acceptors (Lipinski definition) is 7. The largest absolute Gasteiger partial charge is 0.372 e. The molecular weight excluding hydrogens is 458 g/mol. The number of thiophene rings is 1. The quantitative estimate of drug-likeness (QED) is 0.492. The van der Waals surface area contributed by atoms with E-state index >= 15 is 0 Å². The van der Waals surface area contributed by atoms with Crippen LogP contribution < -0.4 is 10.2 Å². The van der Waals surface area contributed by atoms with E-state index < -0.39 is 0 Å². The SMILES string of the molecule is CC1CCN(c2ccc(C(C)NC(=O)C3CCCN(Cc4nc(-c5cccs5)no4)C3)cc2)CC1. The number of carbonyl (C=O) groups excluding carboxylic acids is 1. The summed E-state index contributed by atoms with van der Waals surface area (Å²) < 4.78 is 5.47. The molecule has 186 valence electrons. The fraction of sp³-hybridized carbons (Fsp3) is 0.519. The maximum absolute atomic E-state index is 13.1. The minimum atomic E-state index is -0.0273. The summed E-state index contributed by atoms with van der Waals surface area (Å²) in [5.41, 5.74) is 2.43. The summed E-state index contributed by atoms with van der Waals surface area (Å²) >= 11 is 1.60. The Morgan fingerprint density at radius 2 is 1.97 bits per heavy atom. The van der Waals surface area contributed by atoms with Gasteiger partial charge in [-0.25, -0.2) is 0 Å². The average molecular weight is 494 g/mol. The molecule has 1 N–H and O–H groups in total. The van der Waals surface area contributed by atoms with Crippen LogP contribution in [0.2, 0.25) is 0 Å². The second-order valence-electron chi connectivity index (χ2n) is 10.1. The third kappa shape index (κ3) is 5.93. The van der Waals surface area contributed by atoms with Crippen LogP contribution in [-0.2, 0) is 11.3 Å². The maximum Gasteiger partial charge on any atom is 0.241 e. The Morgan fingerprint density at radius 3 is 2.71 bits per heavy atom. The van der Waals surface area contributed by atoms with E-state index in [1.54, 1.807) is 11.3 Å². The predicted molar refractivity (Wildman–Crippen MR) is 139 cm³/mol. The van der Waals surface area contributed by atoms with Crippen molar-refractivity contribution in [2.24, 2.45) is 11.8 Å². The van der Waals surface area contributed by atoms with Crippen molar-refractivity contribution in [3.8, 4) is 10.7 Å². The van der Waals surface area contributed by atoms with Crippen molar-refractivity contribution in [3.05, 3.63) is 53.2 Å². The summed E-state index contributed by atoms with van der Waals surface area (Å²) in [5.74, 6) is 2.16. The Morgan fingerprint density at radius 1 is 1.17 bits per heavy atom. The van der Waals surface area contributed by atoms with E-state index in [1.165, 1.54) is 18.5 Å². The first-order chi connectivity index (χ1) is 17.0. The molecule has 0 saturated carbocycles. The van der Waals surface area contributed by atoms with E-state index in [0.717, 1.165) is 48.8 Å². The van der Waals surface area contributed by atoms with Crippen LogP contribution >= 0.6 is 11.3 Å². The number of rotatable bonds is 7. The van der Waals surface area contributed by atoms with Gasteiger partial charge in [0.15, 0.2) is 0 Å². The highest BCUT2D eigenvalue weighted by atomic mass is 32.1. The van der Waals surface area contributed by atoms with Gasteiger partial charge in [0.25, 0.3) is 0 Å². The molecule has 0 radical (unpaired) electrons. The summed E-state index contributed by atoms with van der Waals surface area (Å²) in [6, 6.07) is 12.7. The lowest BCUT2D eigenvalue weighted by Crippen LogP contribution is -2.43. The highest BCUT2D eigenvalue weighted by Crippen LogP contribution is 2.26. The maximum atomic E-state index is 13.1. The number of piperidine rings is 2. The first kappa shape index (κ1) is 24.0. The molecule has 2 saturated heterocycles. The van der Waals surface area contributed by atoms with E-state index in [0.29, 0.717) is 24.8 Å². The molecule has 0 bridgehead atoms. The second kappa shape index (κ2) is 10.9. The fourth-order valence-corrected chi connectivity index (χ4v) is 5.73. The number of likely N-dealkylation sites (tertiary alicyclic amines) is 1. The Labute approximate surface area is 211 Å². The molecular formula is C27H35N5O2S. The summed E-state index contributed by atoms with van der Waals surface area (Å²) in [5, 5.41) is 9.36. The van der Waals surface area contributed by atoms with Gasteiger partial charge < -0.3 is 14.7 Å². The molecule has 5 rings (SSSR count). The molecule has 4 heterocycles. The van der Waals surface area contributed by atoms with Crippen molar-refractivity contribution in [1.82, 2.24) is 20.4 Å². The molecule has 2 unspecified atom stereocenters. The summed E-state index contributed by atoms with van der Waals surface area (Å²) in [6.45, 7) is 8.89. The van der Waals surface area contributed by atoms with E-state index in [9.17, 15) is 4.79 Å². The first-order valence-electron chi connectivity index (χ1n) is 12.8. The number of carbonyl (C=O) groups is 1. The smallest absolute Gasteiger partial charge is 0.241 e. The Hall–Kier alpha value is -2.71. The van der Waals surface area contributed by atoms with Crippen LogP contribution in [0.15, 0.2) is 46.3 Å². The molecule has 2 aromatic heterocycles. The van der Waals surface area contributed by atoms with Crippen molar-refractivity contribution in [2.75, 3.05) is 31.1 Å². The monoisotopic (exact) mass is 493 g/mol. The predicted octanol–water partition coefficient (Wildman–Crippen LogP) is 5.12. The molecule has 0 spiro atoms. The lowest BCUT2D eigenvalue weighted by atomic mass is 9.96. The molecule has 1 aromatic carbocycles. The zero-order valence-electron chi connectivity index (χ0n) is 20.7. The van der Waals surface area contributed by atoms with Crippen LogP contribution in [0.3, 0.4) is 0 Å². The number of amides is 1. The van der Waals surface area contributed by atoms with E-state index in [2.05, 4.69) is 63.4 Å². The van der Waals surface area contributed by atoms with Gasteiger partial charge in [-0.15, -0.1) is 11.3 Å². The second-order valence-corrected chi connectivity index (χ2v) is 11.0. The third-order valence-corrected chi connectivity index (χ3v) is 8.21. The van der Waals surface area contributed by atoms with Crippen LogP contribution in [0.5, 0.6) is 0 Å². The van der Waals surface area contributed by atoms with Crippen LogP contribution in [0.1, 0.15) is 57.0 Å². The van der Waals surface area contributed by atoms with Gasteiger partial charge in [0.1, 0.15) is 0 Å². The Kier molecular flexibility index (Phi) is 7.48. The third-order valence-electron chi connectivity index (χ3n) is 7.35. The molecule has 2 aliphatic heterocycles. The lowest BCUT2D eigenvalue weighted by Gasteiger charge is -2.32. The van der Waals surface area contributed by atoms with Crippen molar-refractivity contribution in [2.45, 2.75) is 52.1 Å². The number of hydrogen-bond donors (Lipinski definition) is 1. The van der Waals surface area contributed by atoms with Gasteiger partial charge >= 0.3 is 0 Å². The lowest BCUT2D eigenvalue weighted by molar-refractivity contribution is -0.127. The molecule has 0 aliphatic carbocycles. The number of nitrogens with one attached hydrogen (secondary N) is 1. The first-order valence-corrected chi connectivity index (χ1v) is 13.7. The van der Waals surface area contributed by atoms with Crippen LogP contribution in [-0.4, -0.2) is 47.1 Å². The summed E-state index contributed by atoms with van der Waals surface area (Å²) in [6.07, 6.45) is 4.41. The van der Waals surface area contributed by atoms with Gasteiger partial charge in [0, 0.05) is 25.3 Å². The zero-order chi connectivity index (χ0) is 24.2. The highest BCUT2D eigenvalue weighted by molar-refractivity contribution is 7.13. The van der Waals surface area contributed by atoms with Gasteiger partial charge in [-0.1, -0.05) is 30.3 Å². The Bertz CT molecular complexity index is 1090. The zero-order valence-corrected chi connectivity index (χ0v) is 21.5. The highest BCUT2D eigenvalue weighted by Gasteiger charge is 2.28. The molecule has 2 fully saturated rings. The number of nitrogens with zero attached hydrogens (tertiary/aromatic N) is 4. The van der Waals surface area contributed by atoms with E-state index in [4.69, 9.17) is 4.52 Å². The normalized spacial score (nSPS) is 20.6. The number of aromatic nitrogens is 2. The summed E-state index contributed by atoms with van der Waals surface area (Å²) in [7, 11) is 0. The van der Waals surface area contributed by atoms with Gasteiger partial charge in [-0.3, -0.25) is 9.69 Å². The van der Waals surface area contributed by atoms with Gasteiger partial charge in [0.2, 0.25) is 17.6 Å². The van der Waals surface area contributed by atoms with Crippen LogP contribution in [0.4, 0.5) is 5.69 Å². The minimum absolute atomic E-state index is 0.0161. The van der Waals surface area contributed by atoms with Crippen molar-refractivity contribution in [3.63, 3.8) is 0 Å². The Balaban J connectivity index is 1.13. The molecule has 2 aliphatic rings. The van der Waals surface area contributed by atoms with Gasteiger partial charge in [-0.05, 0) is 74.2 Å².